The number of phenolic OH excluding ortho intramolecular Hbond substituents is 1. The highest BCUT2D eigenvalue weighted by molar-refractivity contribution is 5.43. The molecule has 3 N–H and O–H groups in total. The zero-order chi connectivity index (χ0) is 11.8. The minimum Gasteiger partial charge on any atom is -0.507 e. The van der Waals surface area contributed by atoms with Crippen LogP contribution in [0.1, 0.15) is 43.5 Å². The van der Waals surface area contributed by atoms with Crippen molar-refractivity contribution >= 4 is 0 Å². The van der Waals surface area contributed by atoms with Gasteiger partial charge in [-0.05, 0) is 36.0 Å². The van der Waals surface area contributed by atoms with Crippen LogP contribution in [-0.4, -0.2) is 5.11 Å². The number of aryl methyl sites for hydroxylation is 2. The molecular formula is C13H21NO. The summed E-state index contributed by atoms with van der Waals surface area (Å²) in [6, 6.07) is 3.94. The Kier molecular flexibility index (Phi) is 3.10. The number of nitrogens with two attached hydrogens (primary N) is 1. The predicted molar refractivity (Wildman–Crippen MR) is 64.0 cm³/mol. The molecule has 0 spiro atoms. The Hall–Kier alpha value is -1.02. The molecule has 1 aromatic rings. The molecule has 1 unspecified atom stereocenters. The first kappa shape index (κ1) is 12.1. The van der Waals surface area contributed by atoms with E-state index < -0.39 is 0 Å². The number of phenols is 1. The molecular weight excluding hydrogens is 186 g/mol. The summed E-state index contributed by atoms with van der Waals surface area (Å²) in [5.41, 5.74) is 9.10. The van der Waals surface area contributed by atoms with Gasteiger partial charge in [0.2, 0.25) is 0 Å². The van der Waals surface area contributed by atoms with Crippen molar-refractivity contribution < 1.29 is 5.11 Å². The normalized spacial score (nSPS) is 14.0. The Balaban J connectivity index is 3.17. The summed E-state index contributed by atoms with van der Waals surface area (Å²) in [7, 11) is 0. The van der Waals surface area contributed by atoms with Crippen molar-refractivity contribution in [3.05, 3.63) is 28.8 Å². The fourth-order valence-electron chi connectivity index (χ4n) is 1.67. The Bertz CT molecular complexity index is 340. The number of rotatable bonds is 1. The van der Waals surface area contributed by atoms with E-state index >= 15 is 0 Å². The van der Waals surface area contributed by atoms with Crippen molar-refractivity contribution in [2.24, 2.45) is 11.1 Å². The third-order valence-corrected chi connectivity index (χ3v) is 2.81. The topological polar surface area (TPSA) is 46.2 Å². The highest BCUT2D eigenvalue weighted by Gasteiger charge is 2.23. The summed E-state index contributed by atoms with van der Waals surface area (Å²) in [4.78, 5) is 0. The Morgan fingerprint density at radius 3 is 1.87 bits per heavy atom. The third-order valence-electron chi connectivity index (χ3n) is 2.81. The highest BCUT2D eigenvalue weighted by atomic mass is 16.3. The van der Waals surface area contributed by atoms with Crippen molar-refractivity contribution in [2.45, 2.75) is 40.7 Å². The van der Waals surface area contributed by atoms with Crippen LogP contribution < -0.4 is 5.73 Å². The third kappa shape index (κ3) is 2.51. The van der Waals surface area contributed by atoms with E-state index in [1.54, 1.807) is 0 Å². The first-order chi connectivity index (χ1) is 6.73. The first-order valence-electron chi connectivity index (χ1n) is 5.29. The van der Waals surface area contributed by atoms with Crippen LogP contribution in [-0.2, 0) is 0 Å². The second-order valence-electron chi connectivity index (χ2n) is 5.35. The van der Waals surface area contributed by atoms with Gasteiger partial charge in [0.1, 0.15) is 5.75 Å². The fourth-order valence-corrected chi connectivity index (χ4v) is 1.67. The molecule has 1 aromatic carbocycles. The molecule has 0 amide bonds. The van der Waals surface area contributed by atoms with E-state index in [1.807, 2.05) is 26.0 Å². The quantitative estimate of drug-likeness (QED) is 0.743. The number of hydrogen-bond acceptors (Lipinski definition) is 2. The van der Waals surface area contributed by atoms with Gasteiger partial charge in [-0.15, -0.1) is 0 Å². The molecule has 0 radical (unpaired) electrons. The van der Waals surface area contributed by atoms with Gasteiger partial charge in [-0.25, -0.2) is 0 Å². The van der Waals surface area contributed by atoms with Gasteiger partial charge in [-0.1, -0.05) is 32.9 Å². The minimum atomic E-state index is -0.00417. The summed E-state index contributed by atoms with van der Waals surface area (Å²) in [5.74, 6) is 0.375. The molecule has 0 aliphatic carbocycles. The van der Waals surface area contributed by atoms with Gasteiger partial charge < -0.3 is 10.8 Å². The predicted octanol–water partition coefficient (Wildman–Crippen LogP) is 3.05. The molecule has 0 aliphatic heterocycles. The number of hydrogen-bond donors (Lipinski definition) is 2. The van der Waals surface area contributed by atoms with Crippen LogP contribution in [0, 0.1) is 19.3 Å². The Labute approximate surface area is 92.1 Å². The molecule has 0 bridgehead atoms. The smallest absolute Gasteiger partial charge is 0.121 e. The van der Waals surface area contributed by atoms with Crippen molar-refractivity contribution in [3.8, 4) is 5.75 Å². The minimum absolute atomic E-state index is 0.00417. The van der Waals surface area contributed by atoms with Crippen LogP contribution in [0.5, 0.6) is 5.75 Å². The molecule has 0 saturated heterocycles. The van der Waals surface area contributed by atoms with E-state index in [0.29, 0.717) is 5.75 Å². The lowest BCUT2D eigenvalue weighted by Gasteiger charge is -2.28. The average molecular weight is 207 g/mol. The van der Waals surface area contributed by atoms with Gasteiger partial charge in [0.25, 0.3) is 0 Å². The number of aromatic hydroxyl groups is 1. The van der Waals surface area contributed by atoms with Gasteiger partial charge in [0, 0.05) is 6.04 Å². The molecule has 0 aliphatic rings. The summed E-state index contributed by atoms with van der Waals surface area (Å²) in [6.07, 6.45) is 0. The largest absolute Gasteiger partial charge is 0.507 e. The van der Waals surface area contributed by atoms with E-state index in [9.17, 15) is 5.11 Å². The van der Waals surface area contributed by atoms with Crippen molar-refractivity contribution in [1.29, 1.82) is 0 Å². The highest BCUT2D eigenvalue weighted by Crippen LogP contribution is 2.33. The molecule has 0 fully saturated rings. The Morgan fingerprint density at radius 2 is 1.53 bits per heavy atom. The maximum Gasteiger partial charge on any atom is 0.121 e. The first-order valence-corrected chi connectivity index (χ1v) is 5.29. The maximum atomic E-state index is 9.67. The summed E-state index contributed by atoms with van der Waals surface area (Å²) in [6.45, 7) is 10.2. The zero-order valence-corrected chi connectivity index (χ0v) is 10.3. The van der Waals surface area contributed by atoms with Crippen molar-refractivity contribution in [1.82, 2.24) is 0 Å². The van der Waals surface area contributed by atoms with Crippen LogP contribution in [0.25, 0.3) is 0 Å². The molecule has 0 aromatic heterocycles. The zero-order valence-electron chi connectivity index (χ0n) is 10.3. The molecule has 0 saturated carbocycles. The lowest BCUT2D eigenvalue weighted by Crippen LogP contribution is -2.26. The van der Waals surface area contributed by atoms with E-state index in [2.05, 4.69) is 20.8 Å². The van der Waals surface area contributed by atoms with Gasteiger partial charge in [-0.2, -0.15) is 0 Å². The standard InChI is InChI=1S/C13H21NO/c1-8-6-10(7-9(2)11(8)15)12(14)13(3,4)5/h6-7,12,15H,14H2,1-5H3. The molecule has 0 heterocycles. The van der Waals surface area contributed by atoms with Crippen LogP contribution in [0.15, 0.2) is 12.1 Å². The molecule has 84 valence electrons. The van der Waals surface area contributed by atoms with Crippen LogP contribution in [0.2, 0.25) is 0 Å². The van der Waals surface area contributed by atoms with Crippen molar-refractivity contribution in [2.75, 3.05) is 0 Å². The number of benzene rings is 1. The fraction of sp³-hybridized carbons (Fsp3) is 0.538. The SMILES string of the molecule is Cc1cc(C(N)C(C)(C)C)cc(C)c1O. The molecule has 2 nitrogen and oxygen atoms in total. The van der Waals surface area contributed by atoms with E-state index in [1.165, 1.54) is 0 Å². The molecule has 2 heteroatoms. The molecule has 1 rings (SSSR count). The van der Waals surface area contributed by atoms with Gasteiger partial charge in [0.05, 0.1) is 0 Å². The van der Waals surface area contributed by atoms with E-state index in [-0.39, 0.29) is 11.5 Å². The lowest BCUT2D eigenvalue weighted by atomic mass is 9.82. The second-order valence-corrected chi connectivity index (χ2v) is 5.35. The molecule has 15 heavy (non-hydrogen) atoms. The second kappa shape index (κ2) is 3.86. The van der Waals surface area contributed by atoms with Crippen LogP contribution >= 0.6 is 0 Å². The monoisotopic (exact) mass is 207 g/mol. The summed E-state index contributed by atoms with van der Waals surface area (Å²) < 4.78 is 0. The van der Waals surface area contributed by atoms with Gasteiger partial charge >= 0.3 is 0 Å². The van der Waals surface area contributed by atoms with Gasteiger partial charge in [-0.3, -0.25) is 0 Å². The Morgan fingerprint density at radius 1 is 1.13 bits per heavy atom. The van der Waals surface area contributed by atoms with E-state index in [4.69, 9.17) is 5.73 Å². The molecule has 1 atom stereocenters. The maximum absolute atomic E-state index is 9.67. The summed E-state index contributed by atoms with van der Waals surface area (Å²) in [5, 5.41) is 9.67. The van der Waals surface area contributed by atoms with Gasteiger partial charge in [0.15, 0.2) is 0 Å². The summed E-state index contributed by atoms with van der Waals surface area (Å²) >= 11 is 0. The van der Waals surface area contributed by atoms with Crippen LogP contribution in [0.4, 0.5) is 0 Å². The lowest BCUT2D eigenvalue weighted by molar-refractivity contribution is 0.326. The average Bonchev–Trinajstić information content (AvgIpc) is 2.10. The van der Waals surface area contributed by atoms with E-state index in [0.717, 1.165) is 16.7 Å². The van der Waals surface area contributed by atoms with Crippen LogP contribution in [0.3, 0.4) is 0 Å². The van der Waals surface area contributed by atoms with Crippen molar-refractivity contribution in [3.63, 3.8) is 0 Å².